The van der Waals surface area contributed by atoms with E-state index in [9.17, 15) is 0 Å². The van der Waals surface area contributed by atoms with Crippen LogP contribution in [0.15, 0.2) is 18.2 Å². The van der Waals surface area contributed by atoms with E-state index in [1.54, 1.807) is 0 Å². The van der Waals surface area contributed by atoms with Gasteiger partial charge in [-0.3, -0.25) is 0 Å². The van der Waals surface area contributed by atoms with Crippen molar-refractivity contribution in [2.75, 3.05) is 39.3 Å². The minimum Gasteiger partial charge on any atom is -0.493 e. The van der Waals surface area contributed by atoms with Gasteiger partial charge in [-0.25, -0.2) is 0 Å². The fourth-order valence-electron chi connectivity index (χ4n) is 2.27. The van der Waals surface area contributed by atoms with Gasteiger partial charge in [0.05, 0.1) is 6.61 Å². The lowest BCUT2D eigenvalue weighted by molar-refractivity contribution is 0.213. The summed E-state index contributed by atoms with van der Waals surface area (Å²) in [5.41, 5.74) is 2.49. The highest BCUT2D eigenvalue weighted by atomic mass is 35.5. The Morgan fingerprint density at radius 3 is 2.68 bits per heavy atom. The van der Waals surface area contributed by atoms with E-state index >= 15 is 0 Å². The summed E-state index contributed by atoms with van der Waals surface area (Å²) in [6.07, 6.45) is 1.10. The van der Waals surface area contributed by atoms with Crippen LogP contribution in [0.25, 0.3) is 0 Å². The molecule has 1 fully saturated rings. The van der Waals surface area contributed by atoms with Crippen molar-refractivity contribution in [2.24, 2.45) is 0 Å². The Morgan fingerprint density at radius 2 is 1.95 bits per heavy atom. The molecule has 0 amide bonds. The molecule has 1 aliphatic rings. The van der Waals surface area contributed by atoms with Crippen LogP contribution in [0.2, 0.25) is 0 Å². The summed E-state index contributed by atoms with van der Waals surface area (Å²) in [6, 6.07) is 6.38. The molecule has 0 spiro atoms. The number of hydrogen-bond acceptors (Lipinski definition) is 3. The lowest BCUT2D eigenvalue weighted by atomic mass is 10.1. The smallest absolute Gasteiger partial charge is 0.122 e. The first-order valence-corrected chi connectivity index (χ1v) is 6.89. The molecule has 1 saturated heterocycles. The van der Waals surface area contributed by atoms with Gasteiger partial charge in [0.25, 0.3) is 0 Å². The molecule has 1 N–H and O–H groups in total. The maximum Gasteiger partial charge on any atom is 0.122 e. The number of nitrogens with one attached hydrogen (secondary N) is 1. The molecular formula is C15H25ClN2O. The third kappa shape index (κ3) is 5.39. The highest BCUT2D eigenvalue weighted by molar-refractivity contribution is 5.85. The molecule has 2 rings (SSSR count). The molecular weight excluding hydrogens is 260 g/mol. The minimum atomic E-state index is 0. The predicted octanol–water partition coefficient (Wildman–Crippen LogP) is 2.40. The summed E-state index contributed by atoms with van der Waals surface area (Å²) in [7, 11) is 0. The van der Waals surface area contributed by atoms with Gasteiger partial charge in [0.15, 0.2) is 0 Å². The van der Waals surface area contributed by atoms with Gasteiger partial charge in [0.2, 0.25) is 0 Å². The van der Waals surface area contributed by atoms with Gasteiger partial charge in [0, 0.05) is 32.7 Å². The second-order valence-corrected chi connectivity index (χ2v) is 5.06. The molecule has 108 valence electrons. The molecule has 1 heterocycles. The number of ether oxygens (including phenoxy) is 1. The van der Waals surface area contributed by atoms with Crippen molar-refractivity contribution in [3.05, 3.63) is 29.3 Å². The van der Waals surface area contributed by atoms with Gasteiger partial charge in [-0.1, -0.05) is 12.1 Å². The quantitative estimate of drug-likeness (QED) is 0.841. The van der Waals surface area contributed by atoms with Crippen molar-refractivity contribution < 1.29 is 4.74 Å². The van der Waals surface area contributed by atoms with Crippen LogP contribution in [-0.4, -0.2) is 44.2 Å². The second kappa shape index (κ2) is 8.41. The first kappa shape index (κ1) is 16.3. The summed E-state index contributed by atoms with van der Waals surface area (Å²) in [5, 5.41) is 3.37. The van der Waals surface area contributed by atoms with Gasteiger partial charge in [-0.15, -0.1) is 12.4 Å². The SMILES string of the molecule is Cc1ccc(C)c(OCCCN2CCNCC2)c1.Cl. The van der Waals surface area contributed by atoms with Gasteiger partial charge in [-0.2, -0.15) is 0 Å². The van der Waals surface area contributed by atoms with Crippen LogP contribution in [0.5, 0.6) is 5.75 Å². The van der Waals surface area contributed by atoms with Crippen molar-refractivity contribution in [3.63, 3.8) is 0 Å². The van der Waals surface area contributed by atoms with E-state index in [-0.39, 0.29) is 12.4 Å². The Kier molecular flexibility index (Phi) is 7.21. The van der Waals surface area contributed by atoms with Gasteiger partial charge >= 0.3 is 0 Å². The predicted molar refractivity (Wildman–Crippen MR) is 82.6 cm³/mol. The lowest BCUT2D eigenvalue weighted by Gasteiger charge is -2.27. The highest BCUT2D eigenvalue weighted by Crippen LogP contribution is 2.19. The molecule has 0 saturated carbocycles. The fraction of sp³-hybridized carbons (Fsp3) is 0.600. The van der Waals surface area contributed by atoms with Crippen molar-refractivity contribution in [2.45, 2.75) is 20.3 Å². The van der Waals surface area contributed by atoms with E-state index in [1.807, 2.05) is 0 Å². The number of rotatable bonds is 5. The number of piperazine rings is 1. The zero-order valence-corrected chi connectivity index (χ0v) is 12.8. The molecule has 4 heteroatoms. The van der Waals surface area contributed by atoms with E-state index in [4.69, 9.17) is 4.74 Å². The molecule has 1 aromatic carbocycles. The largest absolute Gasteiger partial charge is 0.493 e. The first-order valence-electron chi connectivity index (χ1n) is 6.89. The van der Waals surface area contributed by atoms with Crippen molar-refractivity contribution in [1.82, 2.24) is 10.2 Å². The Bertz CT molecular complexity index is 378. The zero-order chi connectivity index (χ0) is 12.8. The Morgan fingerprint density at radius 1 is 1.21 bits per heavy atom. The number of aryl methyl sites for hydroxylation is 2. The van der Waals surface area contributed by atoms with Crippen LogP contribution in [-0.2, 0) is 0 Å². The molecule has 0 bridgehead atoms. The molecule has 1 aliphatic heterocycles. The first-order chi connectivity index (χ1) is 8.75. The Hall–Kier alpha value is -0.770. The summed E-state index contributed by atoms with van der Waals surface area (Å²) in [4.78, 5) is 2.50. The average molecular weight is 285 g/mol. The third-order valence-corrected chi connectivity index (χ3v) is 3.43. The minimum absolute atomic E-state index is 0. The maximum atomic E-state index is 5.87. The van der Waals surface area contributed by atoms with Crippen molar-refractivity contribution in [1.29, 1.82) is 0 Å². The zero-order valence-electron chi connectivity index (χ0n) is 11.9. The van der Waals surface area contributed by atoms with E-state index in [0.29, 0.717) is 0 Å². The Labute approximate surface area is 122 Å². The summed E-state index contributed by atoms with van der Waals surface area (Å²) < 4.78 is 5.87. The summed E-state index contributed by atoms with van der Waals surface area (Å²) in [6.45, 7) is 10.8. The molecule has 1 aromatic rings. The second-order valence-electron chi connectivity index (χ2n) is 5.06. The van der Waals surface area contributed by atoms with Gasteiger partial charge < -0.3 is 15.0 Å². The number of benzene rings is 1. The topological polar surface area (TPSA) is 24.5 Å². The molecule has 0 radical (unpaired) electrons. The molecule has 0 aromatic heterocycles. The fourth-order valence-corrected chi connectivity index (χ4v) is 2.27. The molecule has 0 aliphatic carbocycles. The molecule has 3 nitrogen and oxygen atoms in total. The van der Waals surface area contributed by atoms with E-state index in [2.05, 4.69) is 42.3 Å². The lowest BCUT2D eigenvalue weighted by Crippen LogP contribution is -2.43. The van der Waals surface area contributed by atoms with E-state index in [0.717, 1.165) is 38.4 Å². The van der Waals surface area contributed by atoms with Crippen LogP contribution in [0, 0.1) is 13.8 Å². The maximum absolute atomic E-state index is 5.87. The van der Waals surface area contributed by atoms with E-state index in [1.165, 1.54) is 24.2 Å². The average Bonchev–Trinajstić information content (AvgIpc) is 2.40. The summed E-state index contributed by atoms with van der Waals surface area (Å²) in [5.74, 6) is 1.04. The van der Waals surface area contributed by atoms with Gasteiger partial charge in [-0.05, 0) is 37.5 Å². The number of hydrogen-bond donors (Lipinski definition) is 1. The van der Waals surface area contributed by atoms with Crippen molar-refractivity contribution >= 4 is 12.4 Å². The summed E-state index contributed by atoms with van der Waals surface area (Å²) >= 11 is 0. The van der Waals surface area contributed by atoms with Crippen LogP contribution >= 0.6 is 12.4 Å². The molecule has 19 heavy (non-hydrogen) atoms. The Balaban J connectivity index is 0.00000180. The standard InChI is InChI=1S/C15H24N2O.ClH/c1-13-4-5-14(2)15(12-13)18-11-3-8-17-9-6-16-7-10-17;/h4-5,12,16H,3,6-11H2,1-2H3;1H. The molecule has 0 atom stereocenters. The van der Waals surface area contributed by atoms with E-state index < -0.39 is 0 Å². The van der Waals surface area contributed by atoms with Crippen LogP contribution in [0.3, 0.4) is 0 Å². The van der Waals surface area contributed by atoms with Gasteiger partial charge in [0.1, 0.15) is 5.75 Å². The molecule has 0 unspecified atom stereocenters. The van der Waals surface area contributed by atoms with Crippen LogP contribution in [0.1, 0.15) is 17.5 Å². The number of nitrogens with zero attached hydrogens (tertiary/aromatic N) is 1. The monoisotopic (exact) mass is 284 g/mol. The third-order valence-electron chi connectivity index (χ3n) is 3.43. The van der Waals surface area contributed by atoms with Crippen molar-refractivity contribution in [3.8, 4) is 5.75 Å². The number of halogens is 1. The van der Waals surface area contributed by atoms with Crippen LogP contribution < -0.4 is 10.1 Å². The normalized spacial score (nSPS) is 15.9. The highest BCUT2D eigenvalue weighted by Gasteiger charge is 2.08. The van der Waals surface area contributed by atoms with Crippen LogP contribution in [0.4, 0.5) is 0 Å².